The van der Waals surface area contributed by atoms with Crippen molar-refractivity contribution in [3.8, 4) is 6.07 Å². The summed E-state index contributed by atoms with van der Waals surface area (Å²) in [6.07, 6.45) is -4.78. The molecule has 3 aliphatic rings. The van der Waals surface area contributed by atoms with Crippen LogP contribution in [0.4, 0.5) is 23.7 Å². The quantitative estimate of drug-likeness (QED) is 0.560. The van der Waals surface area contributed by atoms with Gasteiger partial charge in [-0.05, 0) is 49.8 Å². The first-order chi connectivity index (χ1) is 13.4. The highest BCUT2D eigenvalue weighted by atomic mass is 32.3. The number of carbonyl (C=O) groups is 1. The van der Waals surface area contributed by atoms with Gasteiger partial charge in [0.1, 0.15) is 0 Å². The van der Waals surface area contributed by atoms with Crippen molar-refractivity contribution in [2.75, 3.05) is 10.8 Å². The number of halogens is 3. The zero-order valence-corrected chi connectivity index (χ0v) is 16.2. The number of rotatable bonds is 2. The van der Waals surface area contributed by atoms with Crippen molar-refractivity contribution in [1.82, 2.24) is 5.32 Å². The fourth-order valence-electron chi connectivity index (χ4n) is 5.57. The smallest absolute Gasteiger partial charge is 0.417 e. The van der Waals surface area contributed by atoms with Crippen molar-refractivity contribution in [2.45, 2.75) is 36.7 Å². The molecule has 0 radical (unpaired) electrons. The maximum Gasteiger partial charge on any atom is 0.417 e. The number of hydrogen-bond donors (Lipinski definition) is 4. The van der Waals surface area contributed by atoms with E-state index in [1.165, 1.54) is 16.4 Å². The maximum atomic E-state index is 13.4. The molecule has 1 aromatic carbocycles. The summed E-state index contributed by atoms with van der Waals surface area (Å²) in [6.45, 7) is 1.85. The van der Waals surface area contributed by atoms with Crippen molar-refractivity contribution < 1.29 is 32.2 Å². The van der Waals surface area contributed by atoms with E-state index < -0.39 is 38.9 Å². The van der Waals surface area contributed by atoms with Gasteiger partial charge in [-0.2, -0.15) is 18.4 Å². The molecular weight excluding hydrogens is 411 g/mol. The summed E-state index contributed by atoms with van der Waals surface area (Å²) in [7, 11) is -3.47. The van der Waals surface area contributed by atoms with Crippen LogP contribution in [0.15, 0.2) is 18.2 Å². The van der Waals surface area contributed by atoms with Crippen LogP contribution in [0.5, 0.6) is 0 Å². The highest BCUT2D eigenvalue weighted by Gasteiger charge is 2.70. The number of nitriles is 1. The Balaban J connectivity index is 1.72. The van der Waals surface area contributed by atoms with Crippen LogP contribution in [-0.2, 0) is 6.18 Å². The van der Waals surface area contributed by atoms with E-state index in [4.69, 9.17) is 10.4 Å². The average Bonchev–Trinajstić information content (AvgIpc) is 3.21. The molecular formula is C18H20F3N3O4S. The summed E-state index contributed by atoms with van der Waals surface area (Å²) in [5, 5.41) is 20.5. The van der Waals surface area contributed by atoms with Gasteiger partial charge in [0.25, 0.3) is 0 Å². The van der Waals surface area contributed by atoms with Gasteiger partial charge in [0, 0.05) is 18.5 Å². The molecule has 1 amide bonds. The Labute approximate surface area is 166 Å². The molecule has 2 bridgehead atoms. The Hall–Kier alpha value is -2.16. The molecule has 1 saturated heterocycles. The number of hydrogen-bond acceptors (Lipinski definition) is 5. The van der Waals surface area contributed by atoms with Gasteiger partial charge in [0.15, 0.2) is 0 Å². The minimum absolute atomic E-state index is 0.00547. The second-order valence-electron chi connectivity index (χ2n) is 8.10. The van der Waals surface area contributed by atoms with Crippen molar-refractivity contribution in [3.05, 3.63) is 29.3 Å². The summed E-state index contributed by atoms with van der Waals surface area (Å²) in [5.74, 6) is -0.532. The molecule has 29 heavy (non-hydrogen) atoms. The summed E-state index contributed by atoms with van der Waals surface area (Å²) in [5.41, 5.74) is -1.66. The highest BCUT2D eigenvalue weighted by molar-refractivity contribution is 8.26. The Morgan fingerprint density at radius 1 is 1.38 bits per heavy atom. The van der Waals surface area contributed by atoms with E-state index in [1.807, 2.05) is 0 Å². The molecule has 1 aliphatic heterocycles. The second kappa shape index (κ2) is 6.17. The highest BCUT2D eigenvalue weighted by Crippen LogP contribution is 2.76. The number of nitrogens with zero attached hydrogens (tertiary/aromatic N) is 2. The fourth-order valence-corrected chi connectivity index (χ4v) is 8.12. The average molecular weight is 431 g/mol. The van der Waals surface area contributed by atoms with Crippen LogP contribution in [0.3, 0.4) is 0 Å². The van der Waals surface area contributed by atoms with E-state index in [-0.39, 0.29) is 36.0 Å². The van der Waals surface area contributed by atoms with Crippen LogP contribution in [-0.4, -0.2) is 37.6 Å². The lowest BCUT2D eigenvalue weighted by molar-refractivity contribution is -0.137. The first-order valence-corrected chi connectivity index (χ1v) is 10.6. The zero-order chi connectivity index (χ0) is 21.4. The van der Waals surface area contributed by atoms with Crippen LogP contribution in [0.2, 0.25) is 0 Å². The van der Waals surface area contributed by atoms with Crippen molar-refractivity contribution >= 4 is 22.6 Å². The number of anilines is 1. The number of nitrogens with one attached hydrogen (secondary N) is 1. The fraction of sp³-hybridized carbons (Fsp3) is 0.556. The van der Waals surface area contributed by atoms with Crippen molar-refractivity contribution in [2.24, 2.45) is 17.8 Å². The monoisotopic (exact) mass is 431 g/mol. The standard InChI is InChI=1S/C18H20F3N3O4S/c1-17-10-4-12(15(5-10)23-16(25)26)14(17)8-24(29(17,27)28)11-3-2-9(7-22)13(6-11)18(19,20)21/h2-3,6,10,12,14-15,23,27-28H,4-5,8H2,1H3,(H,25,26)/t10-,12-,14-,15+,17+/m0/s1. The second-order valence-corrected chi connectivity index (χ2v) is 10.5. The first-order valence-electron chi connectivity index (χ1n) is 9.07. The Bertz CT molecular complexity index is 919. The van der Waals surface area contributed by atoms with E-state index in [0.717, 1.165) is 12.1 Å². The third-order valence-electron chi connectivity index (χ3n) is 6.96. The summed E-state index contributed by atoms with van der Waals surface area (Å²) < 4.78 is 62.6. The van der Waals surface area contributed by atoms with Gasteiger partial charge in [0.2, 0.25) is 0 Å². The number of fused-ring (bicyclic) bond motifs is 5. The Kier molecular flexibility index (Phi) is 4.28. The molecule has 0 aromatic heterocycles. The largest absolute Gasteiger partial charge is 0.465 e. The molecule has 1 heterocycles. The summed E-state index contributed by atoms with van der Waals surface area (Å²) in [4.78, 5) is 11.1. The van der Waals surface area contributed by atoms with E-state index in [0.29, 0.717) is 12.8 Å². The van der Waals surface area contributed by atoms with Gasteiger partial charge >= 0.3 is 12.3 Å². The van der Waals surface area contributed by atoms with E-state index in [2.05, 4.69) is 5.32 Å². The van der Waals surface area contributed by atoms with Crippen molar-refractivity contribution in [1.29, 1.82) is 5.26 Å². The molecule has 2 saturated carbocycles. The molecule has 158 valence electrons. The molecule has 4 N–H and O–H groups in total. The lowest BCUT2D eigenvalue weighted by Gasteiger charge is -2.51. The molecule has 7 nitrogen and oxygen atoms in total. The number of amides is 1. The number of alkyl halides is 3. The third kappa shape index (κ3) is 2.69. The van der Waals surface area contributed by atoms with Crippen LogP contribution in [0.1, 0.15) is 30.9 Å². The SMILES string of the molecule is C[C@@]12[C@H]3C[C@H]([C@H](NC(=O)O)C3)[C@@H]1CN(c1ccc(C#N)c(C(F)(F)F)c1)S2(O)O. The normalized spacial score (nSPS) is 35.8. The lowest BCUT2D eigenvalue weighted by atomic mass is 9.77. The zero-order valence-electron chi connectivity index (χ0n) is 15.3. The van der Waals surface area contributed by atoms with E-state index in [1.54, 1.807) is 6.92 Å². The molecule has 4 rings (SSSR count). The Morgan fingerprint density at radius 3 is 2.66 bits per heavy atom. The van der Waals surface area contributed by atoms with Crippen LogP contribution >= 0.6 is 10.8 Å². The lowest BCUT2D eigenvalue weighted by Crippen LogP contribution is -2.49. The first kappa shape index (κ1) is 20.1. The summed E-state index contributed by atoms with van der Waals surface area (Å²) >= 11 is 0. The van der Waals surface area contributed by atoms with E-state index in [9.17, 15) is 27.1 Å². The third-order valence-corrected chi connectivity index (χ3v) is 9.75. The van der Waals surface area contributed by atoms with Gasteiger partial charge < -0.3 is 10.4 Å². The molecule has 0 unspecified atom stereocenters. The topological polar surface area (TPSA) is 117 Å². The van der Waals surface area contributed by atoms with Gasteiger partial charge in [-0.1, -0.05) is 0 Å². The molecule has 5 atom stereocenters. The predicted molar refractivity (Wildman–Crippen MR) is 99.4 cm³/mol. The molecule has 0 spiro atoms. The van der Waals surface area contributed by atoms with Crippen LogP contribution in [0.25, 0.3) is 0 Å². The van der Waals surface area contributed by atoms with Crippen LogP contribution < -0.4 is 9.62 Å². The van der Waals surface area contributed by atoms with E-state index >= 15 is 0 Å². The minimum Gasteiger partial charge on any atom is -0.465 e. The maximum absolute atomic E-state index is 13.4. The van der Waals surface area contributed by atoms with Crippen molar-refractivity contribution in [3.63, 3.8) is 0 Å². The molecule has 2 aliphatic carbocycles. The minimum atomic E-state index is -4.75. The van der Waals surface area contributed by atoms with Crippen LogP contribution in [0, 0.1) is 29.1 Å². The van der Waals surface area contributed by atoms with Gasteiger partial charge in [-0.3, -0.25) is 13.4 Å². The number of carboxylic acid groups (broad SMARTS) is 1. The number of benzene rings is 1. The van der Waals surface area contributed by atoms with Gasteiger partial charge in [-0.25, -0.2) is 4.79 Å². The van der Waals surface area contributed by atoms with Gasteiger partial charge in [0.05, 0.1) is 27.6 Å². The summed E-state index contributed by atoms with van der Waals surface area (Å²) in [6, 6.07) is 4.32. The van der Waals surface area contributed by atoms with Gasteiger partial charge in [-0.15, -0.1) is 10.8 Å². The molecule has 3 fully saturated rings. The molecule has 1 aromatic rings. The predicted octanol–water partition coefficient (Wildman–Crippen LogP) is 4.11. The molecule has 11 heteroatoms. The Morgan fingerprint density at radius 2 is 2.07 bits per heavy atom.